The maximum absolute atomic E-state index is 12.2. The van der Waals surface area contributed by atoms with E-state index in [1.807, 2.05) is 0 Å². The second kappa shape index (κ2) is 5.51. The summed E-state index contributed by atoms with van der Waals surface area (Å²) in [5.74, 6) is 0.0555. The quantitative estimate of drug-likeness (QED) is 0.723. The predicted octanol–water partition coefficient (Wildman–Crippen LogP) is 1.17. The normalized spacial score (nSPS) is 11.3. The first-order valence-electron chi connectivity index (χ1n) is 6.34. The number of hydrogen-bond donors (Lipinski definition) is 0. The van der Waals surface area contributed by atoms with E-state index in [1.165, 1.54) is 27.7 Å². The van der Waals surface area contributed by atoms with Crippen LogP contribution < -0.4 is 10.3 Å². The Morgan fingerprint density at radius 3 is 2.68 bits per heavy atom. The molecule has 22 heavy (non-hydrogen) atoms. The minimum Gasteiger partial charge on any atom is -0.435 e. The minimum atomic E-state index is -2.87. The largest absolute Gasteiger partial charge is 0.435 e. The summed E-state index contributed by atoms with van der Waals surface area (Å²) in [6.45, 7) is -2.70. The molecule has 0 fully saturated rings. The van der Waals surface area contributed by atoms with Gasteiger partial charge in [-0.1, -0.05) is 17.3 Å². The lowest BCUT2D eigenvalue weighted by Crippen LogP contribution is -2.24. The molecule has 9 heteroatoms. The average molecular weight is 307 g/mol. The third kappa shape index (κ3) is 2.65. The number of halogens is 2. The summed E-state index contributed by atoms with van der Waals surface area (Å²) >= 11 is 0. The maximum atomic E-state index is 12.2. The molecule has 0 spiro atoms. The Morgan fingerprint density at radius 1 is 1.27 bits per heavy atom. The van der Waals surface area contributed by atoms with E-state index < -0.39 is 6.61 Å². The Balaban J connectivity index is 1.87. The van der Waals surface area contributed by atoms with Crippen LogP contribution >= 0.6 is 0 Å². The van der Waals surface area contributed by atoms with E-state index in [0.29, 0.717) is 16.6 Å². The van der Waals surface area contributed by atoms with Crippen molar-refractivity contribution in [1.82, 2.24) is 24.8 Å². The Hall–Kier alpha value is -2.84. The fourth-order valence-corrected chi connectivity index (χ4v) is 2.03. The molecule has 0 aliphatic heterocycles. The van der Waals surface area contributed by atoms with E-state index in [4.69, 9.17) is 0 Å². The molecule has 3 aromatic rings. The summed E-state index contributed by atoms with van der Waals surface area (Å²) in [5.41, 5.74) is 0.800. The zero-order valence-electron chi connectivity index (χ0n) is 11.5. The van der Waals surface area contributed by atoms with Crippen molar-refractivity contribution in [2.24, 2.45) is 7.05 Å². The van der Waals surface area contributed by atoms with Crippen molar-refractivity contribution < 1.29 is 13.5 Å². The molecule has 1 aromatic carbocycles. The molecule has 2 heterocycles. The molecule has 114 valence electrons. The van der Waals surface area contributed by atoms with Crippen molar-refractivity contribution in [3.05, 3.63) is 46.4 Å². The van der Waals surface area contributed by atoms with Crippen LogP contribution in [-0.2, 0) is 13.6 Å². The first-order valence-corrected chi connectivity index (χ1v) is 6.34. The number of fused-ring (bicyclic) bond motifs is 1. The van der Waals surface area contributed by atoms with Gasteiger partial charge in [0.1, 0.15) is 11.1 Å². The smallest absolute Gasteiger partial charge is 0.387 e. The van der Waals surface area contributed by atoms with Crippen LogP contribution in [-0.4, -0.2) is 31.4 Å². The molecule has 0 atom stereocenters. The van der Waals surface area contributed by atoms with Gasteiger partial charge in [-0.2, -0.15) is 13.9 Å². The maximum Gasteiger partial charge on any atom is 0.387 e. The highest BCUT2D eigenvalue weighted by molar-refractivity contribution is 5.72. The standard InChI is InChI=1S/C13H11F2N5O2/c1-19-11-10(6-16-19)12(21)20(18-17-11)7-8-2-4-9(5-3-8)22-13(14)15/h2-6,13H,7H2,1H3. The zero-order valence-corrected chi connectivity index (χ0v) is 11.5. The van der Waals surface area contributed by atoms with Crippen LogP contribution in [0.4, 0.5) is 8.78 Å². The fraction of sp³-hybridized carbons (Fsp3) is 0.231. The molecular weight excluding hydrogens is 296 g/mol. The molecule has 0 aliphatic carbocycles. The molecule has 0 unspecified atom stereocenters. The number of aromatic nitrogens is 5. The topological polar surface area (TPSA) is 74.8 Å². The van der Waals surface area contributed by atoms with Gasteiger partial charge in [0.15, 0.2) is 5.65 Å². The zero-order chi connectivity index (χ0) is 15.7. The molecular formula is C13H11F2N5O2. The van der Waals surface area contributed by atoms with Crippen LogP contribution in [0.15, 0.2) is 35.3 Å². The Labute approximate surface area is 122 Å². The molecule has 0 radical (unpaired) electrons. The van der Waals surface area contributed by atoms with Crippen molar-refractivity contribution in [3.8, 4) is 5.75 Å². The SMILES string of the molecule is Cn1ncc2c(=O)n(Cc3ccc(OC(F)F)cc3)nnc21. The van der Waals surface area contributed by atoms with Gasteiger partial charge < -0.3 is 4.74 Å². The van der Waals surface area contributed by atoms with Gasteiger partial charge >= 0.3 is 6.61 Å². The number of alkyl halides is 2. The average Bonchev–Trinajstić information content (AvgIpc) is 2.86. The summed E-state index contributed by atoms with van der Waals surface area (Å²) in [4.78, 5) is 12.2. The molecule has 0 amide bonds. The van der Waals surface area contributed by atoms with Crippen LogP contribution in [0.25, 0.3) is 11.0 Å². The van der Waals surface area contributed by atoms with Crippen LogP contribution in [0.5, 0.6) is 5.75 Å². The summed E-state index contributed by atoms with van der Waals surface area (Å²) in [5, 5.41) is 12.1. The number of benzene rings is 1. The third-order valence-electron chi connectivity index (χ3n) is 3.10. The number of rotatable bonds is 4. The summed E-state index contributed by atoms with van der Waals surface area (Å²) in [6.07, 6.45) is 1.43. The van der Waals surface area contributed by atoms with Crippen LogP contribution in [0.3, 0.4) is 0 Å². The molecule has 0 bridgehead atoms. The first-order chi connectivity index (χ1) is 10.5. The van der Waals surface area contributed by atoms with Gasteiger partial charge in [0.05, 0.1) is 12.7 Å². The van der Waals surface area contributed by atoms with E-state index in [2.05, 4.69) is 20.1 Å². The van der Waals surface area contributed by atoms with Crippen molar-refractivity contribution in [3.63, 3.8) is 0 Å². The molecule has 0 N–H and O–H groups in total. The highest BCUT2D eigenvalue weighted by atomic mass is 19.3. The second-order valence-corrected chi connectivity index (χ2v) is 4.58. The van der Waals surface area contributed by atoms with E-state index >= 15 is 0 Å². The van der Waals surface area contributed by atoms with Gasteiger partial charge in [0, 0.05) is 7.05 Å². The van der Waals surface area contributed by atoms with Gasteiger partial charge in [-0.15, -0.1) is 5.10 Å². The number of aryl methyl sites for hydroxylation is 1. The van der Waals surface area contributed by atoms with Gasteiger partial charge in [-0.05, 0) is 17.7 Å². The Morgan fingerprint density at radius 2 is 2.00 bits per heavy atom. The summed E-state index contributed by atoms with van der Waals surface area (Å²) in [6, 6.07) is 5.98. The van der Waals surface area contributed by atoms with Gasteiger partial charge in [0.25, 0.3) is 5.56 Å². The van der Waals surface area contributed by atoms with Crippen LogP contribution in [0, 0.1) is 0 Å². The molecule has 3 rings (SSSR count). The Kier molecular flexibility index (Phi) is 3.53. The molecule has 7 nitrogen and oxygen atoms in total. The lowest BCUT2D eigenvalue weighted by Gasteiger charge is -2.06. The summed E-state index contributed by atoms with van der Waals surface area (Å²) < 4.78 is 31.1. The monoisotopic (exact) mass is 307 g/mol. The van der Waals surface area contributed by atoms with Crippen molar-refractivity contribution in [2.75, 3.05) is 0 Å². The van der Waals surface area contributed by atoms with Crippen molar-refractivity contribution in [2.45, 2.75) is 13.2 Å². The molecule has 0 saturated heterocycles. The van der Waals surface area contributed by atoms with Crippen LogP contribution in [0.2, 0.25) is 0 Å². The molecule has 0 saturated carbocycles. The Bertz CT molecular complexity index is 857. The van der Waals surface area contributed by atoms with E-state index in [0.717, 1.165) is 0 Å². The number of nitrogens with zero attached hydrogens (tertiary/aromatic N) is 5. The van der Waals surface area contributed by atoms with Gasteiger partial charge in [-0.25, -0.2) is 9.36 Å². The highest BCUT2D eigenvalue weighted by Gasteiger charge is 2.10. The fourth-order valence-electron chi connectivity index (χ4n) is 2.03. The number of ether oxygens (including phenoxy) is 1. The van der Waals surface area contributed by atoms with E-state index in [-0.39, 0.29) is 17.9 Å². The predicted molar refractivity (Wildman–Crippen MR) is 72.7 cm³/mol. The van der Waals surface area contributed by atoms with E-state index in [9.17, 15) is 13.6 Å². The molecule has 2 aromatic heterocycles. The lowest BCUT2D eigenvalue weighted by atomic mass is 10.2. The van der Waals surface area contributed by atoms with Crippen molar-refractivity contribution >= 4 is 11.0 Å². The lowest BCUT2D eigenvalue weighted by molar-refractivity contribution is -0.0498. The number of hydrogen-bond acceptors (Lipinski definition) is 5. The third-order valence-corrected chi connectivity index (χ3v) is 3.10. The molecule has 0 aliphatic rings. The minimum absolute atomic E-state index is 0.0555. The second-order valence-electron chi connectivity index (χ2n) is 4.58. The highest BCUT2D eigenvalue weighted by Crippen LogP contribution is 2.15. The van der Waals surface area contributed by atoms with Gasteiger partial charge in [-0.3, -0.25) is 4.79 Å². The van der Waals surface area contributed by atoms with Crippen molar-refractivity contribution in [1.29, 1.82) is 0 Å². The first kappa shape index (κ1) is 14.1. The van der Waals surface area contributed by atoms with Crippen LogP contribution in [0.1, 0.15) is 5.56 Å². The van der Waals surface area contributed by atoms with Gasteiger partial charge in [0.2, 0.25) is 0 Å². The van der Waals surface area contributed by atoms with E-state index in [1.54, 1.807) is 19.2 Å². The summed E-state index contributed by atoms with van der Waals surface area (Å²) in [7, 11) is 1.67.